The monoisotopic (exact) mass is 455 g/mol. The van der Waals surface area contributed by atoms with Crippen LogP contribution in [-0.4, -0.2) is 26.6 Å². The van der Waals surface area contributed by atoms with Gasteiger partial charge in [-0.3, -0.25) is 14.9 Å². The third-order valence-corrected chi connectivity index (χ3v) is 4.82. The van der Waals surface area contributed by atoms with Gasteiger partial charge in [-0.1, -0.05) is 57.9 Å². The first-order valence-electron chi connectivity index (χ1n) is 9.16. The van der Waals surface area contributed by atoms with Gasteiger partial charge in [0.25, 0.3) is 0 Å². The summed E-state index contributed by atoms with van der Waals surface area (Å²) in [6.45, 7) is 3.97. The average molecular weight is 456 g/mol. The van der Waals surface area contributed by atoms with Crippen molar-refractivity contribution >= 4 is 33.7 Å². The summed E-state index contributed by atoms with van der Waals surface area (Å²) < 4.78 is 2.67. The van der Waals surface area contributed by atoms with Gasteiger partial charge in [0.1, 0.15) is 6.33 Å². The molecule has 3 aromatic rings. The maximum Gasteiger partial charge on any atom is 0.248 e. The number of halogens is 1. The zero-order valence-corrected chi connectivity index (χ0v) is 17.8. The van der Waals surface area contributed by atoms with Gasteiger partial charge < -0.3 is 5.32 Å². The first-order chi connectivity index (χ1) is 13.9. The third-order valence-electron chi connectivity index (χ3n) is 4.29. The molecule has 0 aliphatic carbocycles. The minimum Gasteiger partial charge on any atom is -0.349 e. The standard InChI is InChI=1S/C21H22BrN5O2/c1-14-3-7-17(8-4-14)19(24-15(2)28)11-20(29)25-21-23-13-27(26-21)12-16-5-9-18(22)10-6-16/h3-10,13,19H,11-12H2,1-2H3,(H,24,28)(H,25,26,29). The van der Waals surface area contributed by atoms with Crippen LogP contribution in [0.1, 0.15) is 36.1 Å². The predicted octanol–water partition coefficient (Wildman–Crippen LogP) is 3.60. The van der Waals surface area contributed by atoms with Gasteiger partial charge in [0.15, 0.2) is 0 Å². The fourth-order valence-corrected chi connectivity index (χ4v) is 3.13. The van der Waals surface area contributed by atoms with E-state index in [1.165, 1.54) is 6.92 Å². The summed E-state index contributed by atoms with van der Waals surface area (Å²) in [5.41, 5.74) is 3.05. The quantitative estimate of drug-likeness (QED) is 0.569. The van der Waals surface area contributed by atoms with Crippen molar-refractivity contribution in [3.63, 3.8) is 0 Å². The molecule has 2 N–H and O–H groups in total. The van der Waals surface area contributed by atoms with Crippen molar-refractivity contribution in [2.24, 2.45) is 0 Å². The van der Waals surface area contributed by atoms with E-state index >= 15 is 0 Å². The van der Waals surface area contributed by atoms with Crippen LogP contribution in [0.4, 0.5) is 5.95 Å². The molecule has 29 heavy (non-hydrogen) atoms. The first-order valence-corrected chi connectivity index (χ1v) is 9.96. The number of rotatable bonds is 7. The zero-order chi connectivity index (χ0) is 20.8. The topological polar surface area (TPSA) is 88.9 Å². The molecule has 0 saturated carbocycles. The molecular formula is C21H22BrN5O2. The van der Waals surface area contributed by atoms with E-state index in [9.17, 15) is 9.59 Å². The lowest BCUT2D eigenvalue weighted by molar-refractivity contribution is -0.120. The number of hydrogen-bond acceptors (Lipinski definition) is 4. The maximum atomic E-state index is 12.5. The minimum atomic E-state index is -0.419. The van der Waals surface area contributed by atoms with E-state index in [4.69, 9.17) is 0 Å². The van der Waals surface area contributed by atoms with Crippen molar-refractivity contribution in [1.82, 2.24) is 20.1 Å². The summed E-state index contributed by atoms with van der Waals surface area (Å²) in [5.74, 6) is -0.233. The molecule has 0 bridgehead atoms. The van der Waals surface area contributed by atoms with Crippen LogP contribution in [-0.2, 0) is 16.1 Å². The van der Waals surface area contributed by atoms with E-state index in [0.717, 1.165) is 21.2 Å². The van der Waals surface area contributed by atoms with E-state index in [-0.39, 0.29) is 24.2 Å². The first kappa shape index (κ1) is 20.7. The van der Waals surface area contributed by atoms with Crippen LogP contribution >= 0.6 is 15.9 Å². The molecule has 8 heteroatoms. The summed E-state index contributed by atoms with van der Waals surface area (Å²) in [6, 6.07) is 15.2. The number of aromatic nitrogens is 3. The SMILES string of the molecule is CC(=O)NC(CC(=O)Nc1ncn(Cc2ccc(Br)cc2)n1)c1ccc(C)cc1. The Balaban J connectivity index is 1.62. The largest absolute Gasteiger partial charge is 0.349 e. The van der Waals surface area contributed by atoms with Gasteiger partial charge in [-0.25, -0.2) is 9.67 Å². The van der Waals surface area contributed by atoms with Gasteiger partial charge in [0, 0.05) is 11.4 Å². The van der Waals surface area contributed by atoms with E-state index in [0.29, 0.717) is 6.54 Å². The third kappa shape index (κ3) is 6.25. The summed E-state index contributed by atoms with van der Waals surface area (Å²) in [4.78, 5) is 28.2. The highest BCUT2D eigenvalue weighted by atomic mass is 79.9. The van der Waals surface area contributed by atoms with Crippen molar-refractivity contribution in [2.75, 3.05) is 5.32 Å². The lowest BCUT2D eigenvalue weighted by Gasteiger charge is -2.17. The number of carbonyl (C=O) groups is 2. The molecule has 0 fully saturated rings. The van der Waals surface area contributed by atoms with Gasteiger partial charge >= 0.3 is 0 Å². The summed E-state index contributed by atoms with van der Waals surface area (Å²) in [5, 5.41) is 9.82. The Hall–Kier alpha value is -3.00. The minimum absolute atomic E-state index is 0.0872. The Morgan fingerprint density at radius 2 is 1.79 bits per heavy atom. The van der Waals surface area contributed by atoms with Gasteiger partial charge in [-0.15, -0.1) is 5.10 Å². The molecule has 1 heterocycles. The molecule has 0 aliphatic rings. The zero-order valence-electron chi connectivity index (χ0n) is 16.2. The van der Waals surface area contributed by atoms with Crippen LogP contribution in [0.5, 0.6) is 0 Å². The Morgan fingerprint density at radius 1 is 1.10 bits per heavy atom. The van der Waals surface area contributed by atoms with Crippen molar-refractivity contribution in [3.05, 3.63) is 76.0 Å². The van der Waals surface area contributed by atoms with Crippen molar-refractivity contribution in [3.8, 4) is 0 Å². The molecule has 0 spiro atoms. The summed E-state index contributed by atoms with van der Waals surface area (Å²) in [6.07, 6.45) is 1.66. The van der Waals surface area contributed by atoms with Crippen LogP contribution in [0, 0.1) is 6.92 Å². The smallest absolute Gasteiger partial charge is 0.248 e. The second-order valence-corrected chi connectivity index (χ2v) is 7.72. The molecule has 3 rings (SSSR count). The molecule has 0 radical (unpaired) electrons. The second kappa shape index (κ2) is 9.47. The molecule has 1 unspecified atom stereocenters. The molecule has 2 amide bonds. The molecule has 1 aromatic heterocycles. The lowest BCUT2D eigenvalue weighted by Crippen LogP contribution is -2.30. The number of benzene rings is 2. The van der Waals surface area contributed by atoms with Crippen LogP contribution < -0.4 is 10.6 Å². The fourth-order valence-electron chi connectivity index (χ4n) is 2.86. The normalized spacial score (nSPS) is 11.7. The van der Waals surface area contributed by atoms with Crippen LogP contribution in [0.3, 0.4) is 0 Å². The number of aryl methyl sites for hydroxylation is 1. The Morgan fingerprint density at radius 3 is 2.45 bits per heavy atom. The number of anilines is 1. The van der Waals surface area contributed by atoms with Crippen molar-refractivity contribution in [1.29, 1.82) is 0 Å². The van der Waals surface area contributed by atoms with Crippen LogP contribution in [0.2, 0.25) is 0 Å². The highest BCUT2D eigenvalue weighted by Crippen LogP contribution is 2.18. The number of nitrogens with one attached hydrogen (secondary N) is 2. The number of carbonyl (C=O) groups excluding carboxylic acids is 2. The second-order valence-electron chi connectivity index (χ2n) is 6.81. The Bertz CT molecular complexity index is 983. The van der Waals surface area contributed by atoms with E-state index < -0.39 is 6.04 Å². The predicted molar refractivity (Wildman–Crippen MR) is 114 cm³/mol. The van der Waals surface area contributed by atoms with Gasteiger partial charge in [0.2, 0.25) is 17.8 Å². The highest BCUT2D eigenvalue weighted by Gasteiger charge is 2.18. The molecule has 1 atom stereocenters. The number of amides is 2. The summed E-state index contributed by atoms with van der Waals surface area (Å²) >= 11 is 3.41. The van der Waals surface area contributed by atoms with Crippen LogP contribution in [0.15, 0.2) is 59.3 Å². The molecular weight excluding hydrogens is 434 g/mol. The van der Waals surface area contributed by atoms with Gasteiger partial charge in [-0.2, -0.15) is 0 Å². The van der Waals surface area contributed by atoms with E-state index in [2.05, 4.69) is 36.6 Å². The average Bonchev–Trinajstić information content (AvgIpc) is 3.10. The van der Waals surface area contributed by atoms with Crippen LogP contribution in [0.25, 0.3) is 0 Å². The molecule has 0 aliphatic heterocycles. The van der Waals surface area contributed by atoms with E-state index in [1.807, 2.05) is 55.5 Å². The molecule has 150 valence electrons. The fraction of sp³-hybridized carbons (Fsp3) is 0.238. The lowest BCUT2D eigenvalue weighted by atomic mass is 10.0. The highest BCUT2D eigenvalue weighted by molar-refractivity contribution is 9.10. The summed E-state index contributed by atoms with van der Waals surface area (Å²) in [7, 11) is 0. The van der Waals surface area contributed by atoms with Gasteiger partial charge in [-0.05, 0) is 30.2 Å². The molecule has 2 aromatic carbocycles. The molecule has 0 saturated heterocycles. The Labute approximate surface area is 177 Å². The van der Waals surface area contributed by atoms with Gasteiger partial charge in [0.05, 0.1) is 19.0 Å². The number of hydrogen-bond donors (Lipinski definition) is 2. The Kier molecular flexibility index (Phi) is 6.77. The van der Waals surface area contributed by atoms with Crippen molar-refractivity contribution in [2.45, 2.75) is 32.9 Å². The van der Waals surface area contributed by atoms with Crippen molar-refractivity contribution < 1.29 is 9.59 Å². The van der Waals surface area contributed by atoms with E-state index in [1.54, 1.807) is 11.0 Å². The number of nitrogens with zero attached hydrogens (tertiary/aromatic N) is 3. The maximum absolute atomic E-state index is 12.5. The molecule has 7 nitrogen and oxygen atoms in total.